The number of hydrogen-bond acceptors (Lipinski definition) is 3. The van der Waals surface area contributed by atoms with E-state index in [2.05, 4.69) is 19.2 Å². The van der Waals surface area contributed by atoms with Crippen LogP contribution >= 0.6 is 0 Å². The van der Waals surface area contributed by atoms with Crippen molar-refractivity contribution in [3.05, 3.63) is 29.8 Å². The molecular weight excluding hydrogens is 278 g/mol. The van der Waals surface area contributed by atoms with E-state index in [0.29, 0.717) is 5.92 Å². The van der Waals surface area contributed by atoms with E-state index in [9.17, 15) is 9.59 Å². The SMILES string of the molecule is CC(C)c1ccc(NC(=O)[C@@H](C)OC(=O)C2CCCC2)cc1. The van der Waals surface area contributed by atoms with Gasteiger partial charge in [0.15, 0.2) is 6.10 Å². The van der Waals surface area contributed by atoms with Crippen LogP contribution < -0.4 is 5.32 Å². The number of esters is 1. The first-order valence-electron chi connectivity index (χ1n) is 8.08. The van der Waals surface area contributed by atoms with Gasteiger partial charge in [-0.05, 0) is 43.4 Å². The molecule has 1 N–H and O–H groups in total. The maximum absolute atomic E-state index is 12.1. The number of amides is 1. The number of hydrogen-bond donors (Lipinski definition) is 1. The number of anilines is 1. The summed E-state index contributed by atoms with van der Waals surface area (Å²) in [6.07, 6.45) is 3.14. The number of nitrogens with one attached hydrogen (secondary N) is 1. The lowest BCUT2D eigenvalue weighted by Crippen LogP contribution is -2.31. The van der Waals surface area contributed by atoms with Crippen LogP contribution in [0.4, 0.5) is 5.69 Å². The van der Waals surface area contributed by atoms with Crippen LogP contribution in [0.25, 0.3) is 0 Å². The first-order chi connectivity index (χ1) is 10.5. The molecule has 1 amide bonds. The number of rotatable bonds is 5. The van der Waals surface area contributed by atoms with Gasteiger partial charge in [0, 0.05) is 5.69 Å². The lowest BCUT2D eigenvalue weighted by atomic mass is 10.0. The summed E-state index contributed by atoms with van der Waals surface area (Å²) in [5.74, 6) is -0.101. The molecule has 1 aromatic carbocycles. The van der Waals surface area contributed by atoms with E-state index >= 15 is 0 Å². The molecule has 22 heavy (non-hydrogen) atoms. The van der Waals surface area contributed by atoms with Crippen LogP contribution in [-0.2, 0) is 14.3 Å². The van der Waals surface area contributed by atoms with Gasteiger partial charge in [-0.2, -0.15) is 0 Å². The van der Waals surface area contributed by atoms with E-state index in [0.717, 1.165) is 31.4 Å². The Kier molecular flexibility index (Phi) is 5.58. The van der Waals surface area contributed by atoms with E-state index in [1.807, 2.05) is 24.3 Å². The van der Waals surface area contributed by atoms with Gasteiger partial charge in [0.05, 0.1) is 5.92 Å². The Bertz CT molecular complexity index is 516. The lowest BCUT2D eigenvalue weighted by molar-refractivity contribution is -0.157. The Balaban J connectivity index is 1.86. The number of carbonyl (C=O) groups excluding carboxylic acids is 2. The maximum Gasteiger partial charge on any atom is 0.309 e. The molecule has 0 heterocycles. The van der Waals surface area contributed by atoms with Crippen molar-refractivity contribution in [3.8, 4) is 0 Å². The van der Waals surface area contributed by atoms with Crippen molar-refractivity contribution in [1.29, 1.82) is 0 Å². The second kappa shape index (κ2) is 7.43. The molecule has 0 saturated heterocycles. The molecule has 0 bridgehead atoms. The Labute approximate surface area is 132 Å². The Morgan fingerprint density at radius 1 is 1.09 bits per heavy atom. The van der Waals surface area contributed by atoms with Gasteiger partial charge in [-0.15, -0.1) is 0 Å². The Morgan fingerprint density at radius 2 is 1.68 bits per heavy atom. The molecule has 0 unspecified atom stereocenters. The van der Waals surface area contributed by atoms with Crippen molar-refractivity contribution in [2.75, 3.05) is 5.32 Å². The van der Waals surface area contributed by atoms with Gasteiger partial charge in [-0.1, -0.05) is 38.8 Å². The normalized spacial score (nSPS) is 16.5. The van der Waals surface area contributed by atoms with Crippen LogP contribution in [0.15, 0.2) is 24.3 Å². The fourth-order valence-electron chi connectivity index (χ4n) is 2.68. The minimum Gasteiger partial charge on any atom is -0.452 e. The highest BCUT2D eigenvalue weighted by Crippen LogP contribution is 2.26. The van der Waals surface area contributed by atoms with Crippen LogP contribution in [0.5, 0.6) is 0 Å². The third-order valence-electron chi connectivity index (χ3n) is 4.20. The summed E-state index contributed by atoms with van der Waals surface area (Å²) in [6, 6.07) is 7.74. The van der Waals surface area contributed by atoms with Crippen LogP contribution in [0, 0.1) is 5.92 Å². The first-order valence-corrected chi connectivity index (χ1v) is 8.08. The molecule has 1 fully saturated rings. The zero-order chi connectivity index (χ0) is 16.1. The molecule has 0 spiro atoms. The molecule has 0 aliphatic heterocycles. The van der Waals surface area contributed by atoms with E-state index in [1.165, 1.54) is 5.56 Å². The largest absolute Gasteiger partial charge is 0.452 e. The van der Waals surface area contributed by atoms with Crippen LogP contribution in [0.2, 0.25) is 0 Å². The lowest BCUT2D eigenvalue weighted by Gasteiger charge is -2.16. The molecule has 4 nitrogen and oxygen atoms in total. The zero-order valence-corrected chi connectivity index (χ0v) is 13.6. The summed E-state index contributed by atoms with van der Waals surface area (Å²) >= 11 is 0. The van der Waals surface area contributed by atoms with Gasteiger partial charge in [-0.25, -0.2) is 0 Å². The molecule has 0 radical (unpaired) electrons. The molecule has 1 saturated carbocycles. The molecule has 120 valence electrons. The topological polar surface area (TPSA) is 55.4 Å². The van der Waals surface area contributed by atoms with Crippen LogP contribution in [0.1, 0.15) is 57.9 Å². The molecule has 2 rings (SSSR count). The van der Waals surface area contributed by atoms with Crippen LogP contribution in [0.3, 0.4) is 0 Å². The number of carbonyl (C=O) groups is 2. The van der Waals surface area contributed by atoms with Gasteiger partial charge in [0.25, 0.3) is 5.91 Å². The first kappa shape index (κ1) is 16.5. The summed E-state index contributed by atoms with van der Waals surface area (Å²) in [6.45, 7) is 5.86. The highest BCUT2D eigenvalue weighted by molar-refractivity contribution is 5.95. The van der Waals surface area contributed by atoms with Crippen molar-refractivity contribution in [1.82, 2.24) is 0 Å². The summed E-state index contributed by atoms with van der Waals surface area (Å²) in [5.41, 5.74) is 1.94. The monoisotopic (exact) mass is 303 g/mol. The predicted octanol–water partition coefficient (Wildman–Crippen LogP) is 3.87. The van der Waals surface area contributed by atoms with E-state index in [1.54, 1.807) is 6.92 Å². The van der Waals surface area contributed by atoms with Crippen molar-refractivity contribution in [3.63, 3.8) is 0 Å². The van der Waals surface area contributed by atoms with Crippen molar-refractivity contribution in [2.24, 2.45) is 5.92 Å². The fraction of sp³-hybridized carbons (Fsp3) is 0.556. The molecular formula is C18H25NO3. The van der Waals surface area contributed by atoms with Crippen molar-refractivity contribution in [2.45, 2.75) is 58.5 Å². The third-order valence-corrected chi connectivity index (χ3v) is 4.20. The summed E-state index contributed by atoms with van der Waals surface area (Å²) in [4.78, 5) is 24.0. The zero-order valence-electron chi connectivity index (χ0n) is 13.6. The van der Waals surface area contributed by atoms with Crippen molar-refractivity contribution < 1.29 is 14.3 Å². The minimum atomic E-state index is -0.766. The van der Waals surface area contributed by atoms with E-state index in [-0.39, 0.29) is 17.8 Å². The highest BCUT2D eigenvalue weighted by Gasteiger charge is 2.27. The minimum absolute atomic E-state index is 0.0272. The number of benzene rings is 1. The summed E-state index contributed by atoms with van der Waals surface area (Å²) in [7, 11) is 0. The van der Waals surface area contributed by atoms with Gasteiger partial charge in [-0.3, -0.25) is 9.59 Å². The molecule has 1 aliphatic carbocycles. The predicted molar refractivity (Wildman–Crippen MR) is 86.7 cm³/mol. The fourth-order valence-corrected chi connectivity index (χ4v) is 2.68. The average molecular weight is 303 g/mol. The average Bonchev–Trinajstić information content (AvgIpc) is 3.02. The second-order valence-electron chi connectivity index (χ2n) is 6.33. The van der Waals surface area contributed by atoms with E-state index in [4.69, 9.17) is 4.74 Å². The third kappa shape index (κ3) is 4.33. The maximum atomic E-state index is 12.1. The van der Waals surface area contributed by atoms with Gasteiger partial charge < -0.3 is 10.1 Å². The molecule has 1 aromatic rings. The highest BCUT2D eigenvalue weighted by atomic mass is 16.5. The Hall–Kier alpha value is -1.84. The molecule has 0 aromatic heterocycles. The molecule has 1 atom stereocenters. The second-order valence-corrected chi connectivity index (χ2v) is 6.33. The van der Waals surface area contributed by atoms with Crippen LogP contribution in [-0.4, -0.2) is 18.0 Å². The molecule has 4 heteroatoms. The van der Waals surface area contributed by atoms with E-state index < -0.39 is 6.10 Å². The summed E-state index contributed by atoms with van der Waals surface area (Å²) < 4.78 is 5.28. The summed E-state index contributed by atoms with van der Waals surface area (Å²) in [5, 5.41) is 2.79. The molecule has 1 aliphatic rings. The van der Waals surface area contributed by atoms with Gasteiger partial charge in [0.1, 0.15) is 0 Å². The smallest absolute Gasteiger partial charge is 0.309 e. The standard InChI is InChI=1S/C18H25NO3/c1-12(2)14-8-10-16(11-9-14)19-17(20)13(3)22-18(21)15-6-4-5-7-15/h8-13,15H,4-7H2,1-3H3,(H,19,20)/t13-/m1/s1. The number of ether oxygens (including phenoxy) is 1. The van der Waals surface area contributed by atoms with Crippen molar-refractivity contribution >= 4 is 17.6 Å². The quantitative estimate of drug-likeness (QED) is 0.840. The van der Waals surface area contributed by atoms with Gasteiger partial charge in [0.2, 0.25) is 0 Å². The van der Waals surface area contributed by atoms with Gasteiger partial charge >= 0.3 is 5.97 Å². The Morgan fingerprint density at radius 3 is 2.23 bits per heavy atom.